The molecule has 1 unspecified atom stereocenters. The summed E-state index contributed by atoms with van der Waals surface area (Å²) < 4.78 is 9.44. The molecule has 30 heavy (non-hydrogen) atoms. The minimum absolute atomic E-state index is 0.0792. The molecule has 0 fully saturated rings. The van der Waals surface area contributed by atoms with Crippen LogP contribution in [-0.2, 0) is 7.05 Å². The van der Waals surface area contributed by atoms with E-state index >= 15 is 0 Å². The maximum absolute atomic E-state index is 9.89. The number of nitrogens with zero attached hydrogens (tertiary/aromatic N) is 5. The van der Waals surface area contributed by atoms with Gasteiger partial charge < -0.3 is 10.5 Å². The molecule has 1 aliphatic heterocycles. The standard InChI is InChI=1S/C23H18N6O/c1-28-14-16(13-26-28)19-18(12-24)22(25)30-23-20(19)21(15-8-4-2-5-9-15)27-29(23)17-10-6-3-7-11-17/h2-11,13-14,19H,25H2,1H3. The molecule has 1 aliphatic rings. The lowest BCUT2D eigenvalue weighted by Crippen LogP contribution is -2.21. The van der Waals surface area contributed by atoms with Crippen molar-refractivity contribution in [2.75, 3.05) is 0 Å². The molecule has 1 atom stereocenters. The van der Waals surface area contributed by atoms with Gasteiger partial charge in [-0.15, -0.1) is 0 Å². The van der Waals surface area contributed by atoms with E-state index in [0.29, 0.717) is 11.5 Å². The Morgan fingerprint density at radius 1 is 1.07 bits per heavy atom. The second kappa shape index (κ2) is 6.94. The molecule has 2 aromatic heterocycles. The van der Waals surface area contributed by atoms with Crippen molar-refractivity contribution in [1.29, 1.82) is 5.26 Å². The summed E-state index contributed by atoms with van der Waals surface area (Å²) in [7, 11) is 1.84. The Hall–Kier alpha value is -4.31. The van der Waals surface area contributed by atoms with Gasteiger partial charge in [0.25, 0.3) is 0 Å². The summed E-state index contributed by atoms with van der Waals surface area (Å²) in [5.74, 6) is 0.154. The summed E-state index contributed by atoms with van der Waals surface area (Å²) in [6, 6.07) is 21.8. The average molecular weight is 394 g/mol. The van der Waals surface area contributed by atoms with Gasteiger partial charge in [-0.3, -0.25) is 4.68 Å². The highest BCUT2D eigenvalue weighted by Gasteiger charge is 2.38. The predicted molar refractivity (Wildman–Crippen MR) is 112 cm³/mol. The quantitative estimate of drug-likeness (QED) is 0.574. The van der Waals surface area contributed by atoms with Gasteiger partial charge in [0.2, 0.25) is 11.8 Å². The van der Waals surface area contributed by atoms with Crippen molar-refractivity contribution in [3.05, 3.63) is 95.6 Å². The second-order valence-electron chi connectivity index (χ2n) is 7.05. The summed E-state index contributed by atoms with van der Waals surface area (Å²) in [5.41, 5.74) is 10.7. The van der Waals surface area contributed by atoms with Crippen molar-refractivity contribution in [1.82, 2.24) is 19.6 Å². The first-order chi connectivity index (χ1) is 14.7. The molecular formula is C23H18N6O. The first-order valence-electron chi connectivity index (χ1n) is 9.47. The Morgan fingerprint density at radius 3 is 2.40 bits per heavy atom. The monoisotopic (exact) mass is 394 g/mol. The van der Waals surface area contributed by atoms with Crippen LogP contribution in [0.25, 0.3) is 16.9 Å². The maximum atomic E-state index is 9.89. The predicted octanol–water partition coefficient (Wildman–Crippen LogP) is 3.49. The zero-order valence-electron chi connectivity index (χ0n) is 16.2. The molecule has 0 spiro atoms. The topological polar surface area (TPSA) is 94.7 Å². The smallest absolute Gasteiger partial charge is 0.229 e. The van der Waals surface area contributed by atoms with E-state index in [-0.39, 0.29) is 5.88 Å². The van der Waals surface area contributed by atoms with Crippen molar-refractivity contribution < 1.29 is 4.74 Å². The summed E-state index contributed by atoms with van der Waals surface area (Å²) in [4.78, 5) is 0. The highest BCUT2D eigenvalue weighted by atomic mass is 16.5. The molecule has 2 aromatic carbocycles. The Bertz CT molecular complexity index is 1290. The first kappa shape index (κ1) is 17.8. The Labute approximate surface area is 173 Å². The SMILES string of the molecule is Cn1cc(C2C(C#N)=C(N)Oc3c2c(-c2ccccc2)nn3-c2ccccc2)cn1. The van der Waals surface area contributed by atoms with Crippen LogP contribution in [0.15, 0.2) is 84.5 Å². The molecule has 7 heteroatoms. The van der Waals surface area contributed by atoms with E-state index in [4.69, 9.17) is 15.6 Å². The third-order valence-corrected chi connectivity index (χ3v) is 5.15. The van der Waals surface area contributed by atoms with E-state index in [9.17, 15) is 5.26 Å². The second-order valence-corrected chi connectivity index (χ2v) is 7.05. The van der Waals surface area contributed by atoms with Gasteiger partial charge in [-0.05, 0) is 12.1 Å². The van der Waals surface area contributed by atoms with Crippen LogP contribution in [0.5, 0.6) is 5.88 Å². The van der Waals surface area contributed by atoms with Crippen molar-refractivity contribution in [3.8, 4) is 28.9 Å². The molecule has 5 rings (SSSR count). The number of aromatic nitrogens is 4. The molecule has 7 nitrogen and oxygen atoms in total. The highest BCUT2D eigenvalue weighted by Crippen LogP contribution is 2.47. The Morgan fingerprint density at radius 2 is 1.77 bits per heavy atom. The van der Waals surface area contributed by atoms with Crippen LogP contribution in [0.3, 0.4) is 0 Å². The van der Waals surface area contributed by atoms with Gasteiger partial charge >= 0.3 is 0 Å². The van der Waals surface area contributed by atoms with Gasteiger partial charge in [0.15, 0.2) is 0 Å². The lowest BCUT2D eigenvalue weighted by atomic mass is 9.84. The van der Waals surface area contributed by atoms with Crippen molar-refractivity contribution in [2.45, 2.75) is 5.92 Å². The first-order valence-corrected chi connectivity index (χ1v) is 9.47. The van der Waals surface area contributed by atoms with Gasteiger partial charge in [-0.1, -0.05) is 48.5 Å². The summed E-state index contributed by atoms with van der Waals surface area (Å²) in [6.07, 6.45) is 3.64. The van der Waals surface area contributed by atoms with Crippen LogP contribution in [-0.4, -0.2) is 19.6 Å². The lowest BCUT2D eigenvalue weighted by molar-refractivity contribution is 0.367. The van der Waals surface area contributed by atoms with Crippen molar-refractivity contribution in [2.24, 2.45) is 12.8 Å². The van der Waals surface area contributed by atoms with E-state index in [1.54, 1.807) is 15.6 Å². The minimum atomic E-state index is -0.430. The number of hydrogen-bond donors (Lipinski definition) is 1. The molecule has 0 saturated heterocycles. The van der Waals surface area contributed by atoms with Gasteiger partial charge in [0, 0.05) is 24.4 Å². The van der Waals surface area contributed by atoms with Crippen LogP contribution in [0.1, 0.15) is 17.0 Å². The van der Waals surface area contributed by atoms with Gasteiger partial charge in [-0.2, -0.15) is 20.1 Å². The third-order valence-electron chi connectivity index (χ3n) is 5.15. The lowest BCUT2D eigenvalue weighted by Gasteiger charge is -2.24. The molecule has 0 radical (unpaired) electrons. The summed E-state index contributed by atoms with van der Waals surface area (Å²) in [5, 5.41) is 19.1. The normalized spacial score (nSPS) is 15.4. The number of hydrogen-bond acceptors (Lipinski definition) is 5. The van der Waals surface area contributed by atoms with Crippen molar-refractivity contribution in [3.63, 3.8) is 0 Å². The molecule has 4 aromatic rings. The fourth-order valence-corrected chi connectivity index (χ4v) is 3.81. The zero-order valence-corrected chi connectivity index (χ0v) is 16.2. The summed E-state index contributed by atoms with van der Waals surface area (Å²) in [6.45, 7) is 0. The highest BCUT2D eigenvalue weighted by molar-refractivity contribution is 5.71. The maximum Gasteiger partial charge on any atom is 0.229 e. The molecule has 0 aliphatic carbocycles. The number of ether oxygens (including phenoxy) is 1. The molecule has 0 amide bonds. The zero-order chi connectivity index (χ0) is 20.7. The van der Waals surface area contributed by atoms with Crippen molar-refractivity contribution >= 4 is 0 Å². The van der Waals surface area contributed by atoms with E-state index in [0.717, 1.165) is 28.1 Å². The van der Waals surface area contributed by atoms with Crippen LogP contribution in [0.2, 0.25) is 0 Å². The largest absolute Gasteiger partial charge is 0.422 e. The van der Waals surface area contributed by atoms with E-state index in [1.807, 2.05) is 73.9 Å². The number of para-hydroxylation sites is 1. The number of fused-ring (bicyclic) bond motifs is 1. The minimum Gasteiger partial charge on any atom is -0.422 e. The van der Waals surface area contributed by atoms with Crippen LogP contribution in [0.4, 0.5) is 0 Å². The Balaban J connectivity index is 1.83. The number of aryl methyl sites for hydroxylation is 1. The molecule has 3 heterocycles. The summed E-state index contributed by atoms with van der Waals surface area (Å²) >= 11 is 0. The van der Waals surface area contributed by atoms with Gasteiger partial charge in [0.1, 0.15) is 17.3 Å². The van der Waals surface area contributed by atoms with Gasteiger partial charge in [0.05, 0.1) is 23.4 Å². The molecule has 0 saturated carbocycles. The van der Waals surface area contributed by atoms with Gasteiger partial charge in [-0.25, -0.2) is 0 Å². The number of nitriles is 1. The van der Waals surface area contributed by atoms with E-state index in [1.165, 1.54) is 0 Å². The van der Waals surface area contributed by atoms with Crippen LogP contribution < -0.4 is 10.5 Å². The Kier molecular flexibility index (Phi) is 4.11. The fraction of sp³-hybridized carbons (Fsp3) is 0.0870. The molecular weight excluding hydrogens is 376 g/mol. The molecule has 2 N–H and O–H groups in total. The number of allylic oxidation sites excluding steroid dienone is 1. The van der Waals surface area contributed by atoms with Crippen LogP contribution >= 0.6 is 0 Å². The van der Waals surface area contributed by atoms with Crippen LogP contribution in [0, 0.1) is 11.3 Å². The van der Waals surface area contributed by atoms with E-state index < -0.39 is 5.92 Å². The van der Waals surface area contributed by atoms with E-state index in [2.05, 4.69) is 11.2 Å². The molecule has 0 bridgehead atoms. The fourth-order valence-electron chi connectivity index (χ4n) is 3.81. The average Bonchev–Trinajstić information content (AvgIpc) is 3.37. The number of benzene rings is 2. The third kappa shape index (κ3) is 2.74. The number of nitrogens with two attached hydrogens (primary N) is 1. The molecule has 146 valence electrons. The number of rotatable bonds is 3.